The largest absolute Gasteiger partial charge is 0.355 e. The van der Waals surface area contributed by atoms with E-state index in [1.807, 2.05) is 182 Å². The van der Waals surface area contributed by atoms with Gasteiger partial charge in [-0.25, -0.2) is 56.9 Å². The summed E-state index contributed by atoms with van der Waals surface area (Å²) in [4.78, 5) is 81.3. The SMILES string of the molecule is [C-]#[N+]C1=C[C@@]2(C)c3c(c(-c4ccccc4F)nn3-c3ccc(-c4cncnc4)cc3)CC[C@@H]2[C@@H](C)C1=O.[C-]#[N+]C1=C[C@@]2(C)c3c(c(-c4ccccc4F)nn3-c3ccc(-c4cnnc(C)c4)cc3)CC[C@@H]2[C@@H](C)C1=O.[C-]#[N+]C1=C[C@@]2(C)c3c(c(-c4ccccn4)nn3-c3ccc(-c4ccccc4)cc3)CC[C@@H]2[C@@H](C)C1=O.[C-]#[N+]C1=C[C@@]2(C)c3c(c(N(C)C4CCC4)nn3-c3ccc(-c4ccccc4)cc3)CC[C@@H]2[C@@H](C)C1=O. The van der Waals surface area contributed by atoms with Gasteiger partial charge in [-0.2, -0.15) is 25.5 Å². The number of benzene rings is 8. The third-order valence-electron chi connectivity index (χ3n) is 33.0. The first kappa shape index (κ1) is 96.3. The van der Waals surface area contributed by atoms with Gasteiger partial charge in [0.25, 0.3) is 0 Å². The molecule has 0 radical (unpaired) electrons. The zero-order valence-electron chi connectivity index (χ0n) is 83.5. The number of rotatable bonds is 13. The summed E-state index contributed by atoms with van der Waals surface area (Å²) in [6.45, 7) is 48.9. The van der Waals surface area contributed by atoms with Crippen molar-refractivity contribution in [1.29, 1.82) is 0 Å². The van der Waals surface area contributed by atoms with Gasteiger partial charge in [0, 0.05) is 122 Å². The number of carbonyl (C=O) groups is 4. The summed E-state index contributed by atoms with van der Waals surface area (Å²) in [5.74, 6) is -0.503. The van der Waals surface area contributed by atoms with Crippen molar-refractivity contribution in [2.24, 2.45) is 47.3 Å². The maximum atomic E-state index is 15.0. The highest BCUT2D eigenvalue weighted by Gasteiger charge is 2.56. The summed E-state index contributed by atoms with van der Waals surface area (Å²) in [6.07, 6.45) is 26.2. The zero-order chi connectivity index (χ0) is 102. The number of allylic oxidation sites excluding steroid dienone is 8. The molecule has 8 aromatic carbocycles. The first-order valence-corrected chi connectivity index (χ1v) is 50.5. The van der Waals surface area contributed by atoms with Crippen LogP contribution in [-0.4, -0.2) is 100 Å². The van der Waals surface area contributed by atoms with Crippen LogP contribution >= 0.6 is 0 Å². The van der Waals surface area contributed by atoms with Gasteiger partial charge < -0.3 is 24.1 Å². The summed E-state index contributed by atoms with van der Waals surface area (Å²) in [6, 6.07) is 75.5. The van der Waals surface area contributed by atoms with E-state index in [1.165, 1.54) is 54.4 Å². The van der Waals surface area contributed by atoms with Crippen molar-refractivity contribution in [3.63, 3.8) is 0 Å². The number of halogens is 2. The molecule has 0 N–H and O–H groups in total. The lowest BCUT2D eigenvalue weighted by Gasteiger charge is -2.46. The zero-order valence-corrected chi connectivity index (χ0v) is 83.5. The molecule has 1 fully saturated rings. The molecule has 0 aliphatic heterocycles. The number of fused-ring (bicyclic) bond motifs is 12. The molecular weight excluding hydrogens is 1830 g/mol. The van der Waals surface area contributed by atoms with Crippen LogP contribution in [0.2, 0.25) is 0 Å². The van der Waals surface area contributed by atoms with Crippen molar-refractivity contribution in [1.82, 2.24) is 64.3 Å². The van der Waals surface area contributed by atoms with Crippen LogP contribution in [0.5, 0.6) is 0 Å². The lowest BCUT2D eigenvalue weighted by atomic mass is 9.58. The normalized spacial score (nSPS) is 23.2. The molecule has 24 rings (SSSR count). The van der Waals surface area contributed by atoms with Crippen LogP contribution in [0.1, 0.15) is 151 Å². The van der Waals surface area contributed by atoms with E-state index in [-0.39, 0.29) is 105 Å². The summed E-state index contributed by atoms with van der Waals surface area (Å²) in [5, 5.41) is 28.5. The standard InChI is InChI=1S/C31H26FN5O.C31H32N4O.C31H26N4O.C30H24FN5O/c1-18-15-21(17-34-35-18)20-9-11-22(12-10-20)37-30-24(28(36-37)23-7-5-6-8-26(23)32)13-14-25-19(2)29(38)27(33-4)16-31(25,30)3;1-20-26-18-17-25-29(31(26,2)19-27(32-3)28(20)36)35(33-30(25)34(4)23-11-8-12-23)24-15-13-22(14-16-24)21-9-6-5-7-10-21;1-20-25-17-16-24-28(26-11-7-8-18-33-26)34-35(30(24)31(25,2)19-27(32-3)29(20)36)23-14-12-22(13-15-23)21-9-5-4-6-10-21;1-18-24-13-12-23-27(22-6-4-5-7-25(22)31)35-36(29(23)30(24,2)14-26(32-3)28(18)37)21-10-8-19(9-11-21)20-15-33-17-34-16-20/h5-12,15-17,19,25H,13-14H2,1-3H3;5-7,9-10,13-16,19-20,23,26H,8,11-12,17-18H2,1-2,4H3;4-15,18-20,25H,16-17H2,1-2H3;4-11,14-18,24H,12-13H2,1-2H3/t19-,25-,31-;20-,26-,31-;20-,25-,31-;18-,24-,30-/m1111/s1. The topological polar surface area (TPSA) is 225 Å². The van der Waals surface area contributed by atoms with E-state index < -0.39 is 21.7 Å². The Morgan fingerprint density at radius 2 is 0.694 bits per heavy atom. The molecule has 12 atom stereocenters. The van der Waals surface area contributed by atoms with Crippen molar-refractivity contribution in [3.8, 4) is 101 Å². The number of nitrogens with zero attached hydrogens (tertiary/aromatic N) is 18. The summed E-state index contributed by atoms with van der Waals surface area (Å²) >= 11 is 0. The second-order valence-electron chi connectivity index (χ2n) is 41.2. The highest BCUT2D eigenvalue weighted by atomic mass is 19.1. The Morgan fingerprint density at radius 1 is 0.367 bits per heavy atom. The fourth-order valence-electron chi connectivity index (χ4n) is 25.2. The molecule has 1 saturated carbocycles. The van der Waals surface area contributed by atoms with Crippen LogP contribution < -0.4 is 4.90 Å². The van der Waals surface area contributed by atoms with Crippen LogP contribution in [0, 0.1) is 92.2 Å². The quantitative estimate of drug-likeness (QED) is 0.0979. The highest BCUT2D eigenvalue weighted by Crippen LogP contribution is 2.59. The second-order valence-corrected chi connectivity index (χ2v) is 41.2. The van der Waals surface area contributed by atoms with Crippen molar-refractivity contribution < 1.29 is 28.0 Å². The fourth-order valence-corrected chi connectivity index (χ4v) is 25.2. The average molecular weight is 1940 g/mol. The van der Waals surface area contributed by atoms with E-state index >= 15 is 4.39 Å². The van der Waals surface area contributed by atoms with Crippen molar-refractivity contribution in [3.05, 3.63) is 417 Å². The smallest absolute Gasteiger partial charge is 0.226 e. The Hall–Kier alpha value is -16.8. The predicted octanol–water partition coefficient (Wildman–Crippen LogP) is 25.1. The van der Waals surface area contributed by atoms with E-state index in [1.54, 1.807) is 49.1 Å². The molecule has 9 aliphatic carbocycles. The second kappa shape index (κ2) is 38.7. The van der Waals surface area contributed by atoms with Crippen LogP contribution in [0.25, 0.3) is 121 Å². The summed E-state index contributed by atoms with van der Waals surface area (Å²) in [5.41, 5.74) is 23.9. The molecule has 7 heterocycles. The van der Waals surface area contributed by atoms with Crippen LogP contribution in [0.15, 0.2) is 309 Å². The molecule has 9 aliphatic rings. The van der Waals surface area contributed by atoms with E-state index in [4.69, 9.17) is 46.7 Å². The van der Waals surface area contributed by atoms with Gasteiger partial charge in [0.15, 0.2) is 29.0 Å². The Kier molecular flexibility index (Phi) is 25.4. The molecule has 0 unspecified atom stereocenters. The maximum Gasteiger partial charge on any atom is 0.226 e. The first-order valence-electron chi connectivity index (χ1n) is 50.5. The predicted molar refractivity (Wildman–Crippen MR) is 564 cm³/mol. The van der Waals surface area contributed by atoms with Crippen LogP contribution in [-0.2, 0) is 66.5 Å². The number of carbonyl (C=O) groups excluding carboxylic acids is 4. The molecule has 7 aromatic heterocycles. The molecule has 22 nitrogen and oxygen atoms in total. The van der Waals surface area contributed by atoms with E-state index in [9.17, 15) is 23.6 Å². The summed E-state index contributed by atoms with van der Waals surface area (Å²) in [7, 11) is 2.18. The molecule has 0 amide bonds. The molecule has 0 spiro atoms. The minimum Gasteiger partial charge on any atom is -0.355 e. The number of Topliss-reactive ketones (excluding diaryl/α,β-unsaturated/α-hetero) is 4. The number of pyridine rings is 1. The van der Waals surface area contributed by atoms with Crippen molar-refractivity contribution >= 4 is 29.0 Å². The van der Waals surface area contributed by atoms with Crippen molar-refractivity contribution in [2.75, 3.05) is 11.9 Å². The third-order valence-corrected chi connectivity index (χ3v) is 33.0. The third kappa shape index (κ3) is 16.7. The first-order chi connectivity index (χ1) is 71.2. The minimum absolute atomic E-state index is 0.0130. The van der Waals surface area contributed by atoms with Gasteiger partial charge in [-0.15, -0.1) is 5.10 Å². The molecule has 15 aromatic rings. The molecule has 147 heavy (non-hydrogen) atoms. The van der Waals surface area contributed by atoms with Gasteiger partial charge in [-0.1, -0.05) is 219 Å². The number of aryl methyl sites for hydroxylation is 1. The van der Waals surface area contributed by atoms with Gasteiger partial charge in [-0.3, -0.25) is 4.98 Å². The van der Waals surface area contributed by atoms with E-state index in [0.29, 0.717) is 41.4 Å². The Balaban J connectivity index is 0.000000115. The average Bonchev–Trinajstić information content (AvgIpc) is 1.62. The van der Waals surface area contributed by atoms with Gasteiger partial charge >= 0.3 is 0 Å². The monoisotopic (exact) mass is 1940 g/mol. The lowest BCUT2D eigenvalue weighted by molar-refractivity contribution is -0.122. The summed E-state index contributed by atoms with van der Waals surface area (Å²) < 4.78 is 37.9. The Labute approximate surface area is 853 Å². The van der Waals surface area contributed by atoms with E-state index in [2.05, 4.69) is 174 Å². The van der Waals surface area contributed by atoms with Gasteiger partial charge in [0.2, 0.25) is 22.8 Å². The van der Waals surface area contributed by atoms with Crippen molar-refractivity contribution in [2.45, 2.75) is 161 Å². The number of anilines is 1. The molecule has 0 saturated heterocycles. The molecule has 0 bridgehead atoms. The Morgan fingerprint density at radius 3 is 1.05 bits per heavy atom. The fraction of sp³-hybridized carbons (Fsp3) is 0.276. The van der Waals surface area contributed by atoms with E-state index in [0.717, 1.165) is 157 Å². The molecule has 728 valence electrons. The van der Waals surface area contributed by atoms with Gasteiger partial charge in [-0.05, 0) is 226 Å². The number of hydrogen-bond acceptors (Lipinski definition) is 14. The Bertz CT molecular complexity index is 8070. The number of ketones is 4. The highest BCUT2D eigenvalue weighted by molar-refractivity contribution is 6.03. The lowest BCUT2D eigenvalue weighted by Crippen LogP contribution is -2.46. The molecular formula is C123H108F2N18O4. The molecule has 24 heteroatoms. The van der Waals surface area contributed by atoms with Crippen LogP contribution in [0.4, 0.5) is 14.6 Å². The minimum atomic E-state index is -0.609. The van der Waals surface area contributed by atoms with Gasteiger partial charge in [0.05, 0.1) is 101 Å². The number of hydrogen-bond donors (Lipinski definition) is 0. The van der Waals surface area contributed by atoms with Gasteiger partial charge in [0.1, 0.15) is 23.7 Å². The number of aromatic nitrogens is 13. The van der Waals surface area contributed by atoms with Crippen LogP contribution in [0.3, 0.4) is 0 Å². The maximum absolute atomic E-state index is 15.0.